The summed E-state index contributed by atoms with van der Waals surface area (Å²) >= 11 is 3.37. The number of ether oxygens (including phenoxy) is 1. The van der Waals surface area contributed by atoms with E-state index >= 15 is 0 Å². The Hall–Kier alpha value is -2.73. The Balaban J connectivity index is 1.40. The molecule has 0 saturated heterocycles. The summed E-state index contributed by atoms with van der Waals surface area (Å²) in [4.78, 5) is 11.9. The van der Waals surface area contributed by atoms with E-state index in [9.17, 15) is 4.79 Å². The molecule has 1 aromatic heterocycles. The lowest BCUT2D eigenvalue weighted by molar-refractivity contribution is -0.120. The molecule has 0 atom stereocenters. The molecule has 132 valence electrons. The van der Waals surface area contributed by atoms with Gasteiger partial charge in [-0.2, -0.15) is 0 Å². The molecule has 0 fully saturated rings. The van der Waals surface area contributed by atoms with Crippen LogP contribution in [0, 0.1) is 0 Å². The Labute approximate surface area is 160 Å². The van der Waals surface area contributed by atoms with Crippen LogP contribution in [0.1, 0.15) is 5.56 Å². The first-order chi connectivity index (χ1) is 12.7. The third kappa shape index (κ3) is 5.39. The van der Waals surface area contributed by atoms with E-state index in [1.54, 1.807) is 6.07 Å². The average molecular weight is 412 g/mol. The predicted molar refractivity (Wildman–Crippen MR) is 104 cm³/mol. The van der Waals surface area contributed by atoms with Crippen LogP contribution in [0.2, 0.25) is 0 Å². The third-order valence-corrected chi connectivity index (χ3v) is 4.19. The summed E-state index contributed by atoms with van der Waals surface area (Å²) < 4.78 is 6.51. The second-order valence-electron chi connectivity index (χ2n) is 5.62. The number of hydrogen-bond donors (Lipinski definition) is 1. The van der Waals surface area contributed by atoms with Gasteiger partial charge in [0.2, 0.25) is 11.8 Å². The molecule has 1 N–H and O–H groups in total. The number of halogens is 1. The van der Waals surface area contributed by atoms with Crippen LogP contribution >= 0.6 is 15.9 Å². The zero-order valence-corrected chi connectivity index (χ0v) is 15.6. The zero-order chi connectivity index (χ0) is 18.2. The van der Waals surface area contributed by atoms with Crippen LogP contribution < -0.4 is 10.1 Å². The highest BCUT2D eigenvalue weighted by Crippen LogP contribution is 2.16. The molecule has 0 spiro atoms. The Morgan fingerprint density at radius 2 is 1.73 bits per heavy atom. The number of carbonyl (C=O) groups is 1. The molecule has 6 heteroatoms. The molecule has 0 radical (unpaired) electrons. The van der Waals surface area contributed by atoms with Gasteiger partial charge in [0.1, 0.15) is 6.61 Å². The zero-order valence-electron chi connectivity index (χ0n) is 14.1. The fourth-order valence-electron chi connectivity index (χ4n) is 2.36. The van der Waals surface area contributed by atoms with E-state index < -0.39 is 0 Å². The fraction of sp³-hybridized carbons (Fsp3) is 0.150. The maximum atomic E-state index is 11.9. The summed E-state index contributed by atoms with van der Waals surface area (Å²) in [6, 6.07) is 21.1. The van der Waals surface area contributed by atoms with E-state index in [1.165, 1.54) is 0 Å². The SMILES string of the molecule is O=C(Cc1ccc(Br)cc1)NCCOc1ccc(-c2ccccc2)nn1. The molecule has 26 heavy (non-hydrogen) atoms. The molecular formula is C20H18BrN3O2. The van der Waals surface area contributed by atoms with Crippen LogP contribution in [0.25, 0.3) is 11.3 Å². The van der Waals surface area contributed by atoms with Gasteiger partial charge in [-0.3, -0.25) is 4.79 Å². The summed E-state index contributed by atoms with van der Waals surface area (Å²) in [6.07, 6.45) is 0.346. The molecular weight excluding hydrogens is 394 g/mol. The van der Waals surface area contributed by atoms with E-state index in [0.717, 1.165) is 21.3 Å². The number of carbonyl (C=O) groups excluding carboxylic acids is 1. The van der Waals surface area contributed by atoms with Gasteiger partial charge in [0.15, 0.2) is 0 Å². The maximum absolute atomic E-state index is 11.9. The lowest BCUT2D eigenvalue weighted by Crippen LogP contribution is -2.29. The smallest absolute Gasteiger partial charge is 0.233 e. The van der Waals surface area contributed by atoms with Crippen LogP contribution in [0.3, 0.4) is 0 Å². The Morgan fingerprint density at radius 3 is 2.42 bits per heavy atom. The molecule has 1 amide bonds. The minimum absolute atomic E-state index is 0.0403. The largest absolute Gasteiger partial charge is 0.475 e. The topological polar surface area (TPSA) is 64.1 Å². The van der Waals surface area contributed by atoms with Gasteiger partial charge in [0.05, 0.1) is 18.7 Å². The van der Waals surface area contributed by atoms with Gasteiger partial charge in [0, 0.05) is 16.1 Å². The molecule has 2 aromatic carbocycles. The number of benzene rings is 2. The monoisotopic (exact) mass is 411 g/mol. The van der Waals surface area contributed by atoms with Crippen molar-refractivity contribution in [3.05, 3.63) is 76.8 Å². The van der Waals surface area contributed by atoms with Crippen molar-refractivity contribution in [1.29, 1.82) is 0 Å². The van der Waals surface area contributed by atoms with Crippen molar-refractivity contribution in [2.24, 2.45) is 0 Å². The number of rotatable bonds is 7. The van der Waals surface area contributed by atoms with Crippen LogP contribution in [-0.2, 0) is 11.2 Å². The number of nitrogens with zero attached hydrogens (tertiary/aromatic N) is 2. The van der Waals surface area contributed by atoms with E-state index in [4.69, 9.17) is 4.74 Å². The lowest BCUT2D eigenvalue weighted by Gasteiger charge is -2.07. The highest BCUT2D eigenvalue weighted by Gasteiger charge is 2.04. The summed E-state index contributed by atoms with van der Waals surface area (Å²) in [5, 5.41) is 11.0. The summed E-state index contributed by atoms with van der Waals surface area (Å²) in [7, 11) is 0. The highest BCUT2D eigenvalue weighted by molar-refractivity contribution is 9.10. The van der Waals surface area contributed by atoms with Crippen LogP contribution in [0.4, 0.5) is 0 Å². The van der Waals surface area contributed by atoms with Gasteiger partial charge in [-0.25, -0.2) is 0 Å². The maximum Gasteiger partial charge on any atom is 0.233 e. The Bertz CT molecular complexity index is 837. The van der Waals surface area contributed by atoms with Gasteiger partial charge in [0.25, 0.3) is 0 Å². The minimum atomic E-state index is -0.0403. The van der Waals surface area contributed by atoms with E-state index in [2.05, 4.69) is 31.4 Å². The standard InChI is InChI=1S/C20H18BrN3O2/c21-17-8-6-15(7-9-17)14-19(25)22-12-13-26-20-11-10-18(23-24-20)16-4-2-1-3-5-16/h1-11H,12-14H2,(H,22,25). The fourth-order valence-corrected chi connectivity index (χ4v) is 2.62. The lowest BCUT2D eigenvalue weighted by atomic mass is 10.1. The first-order valence-corrected chi connectivity index (χ1v) is 9.03. The van der Waals surface area contributed by atoms with E-state index in [0.29, 0.717) is 25.5 Å². The van der Waals surface area contributed by atoms with Gasteiger partial charge < -0.3 is 10.1 Å². The summed E-state index contributed by atoms with van der Waals surface area (Å²) in [6.45, 7) is 0.753. The molecule has 0 bridgehead atoms. The highest BCUT2D eigenvalue weighted by atomic mass is 79.9. The number of amides is 1. The van der Waals surface area contributed by atoms with Crippen LogP contribution in [0.5, 0.6) is 5.88 Å². The normalized spacial score (nSPS) is 10.3. The van der Waals surface area contributed by atoms with Crippen molar-refractivity contribution >= 4 is 21.8 Å². The summed E-state index contributed by atoms with van der Waals surface area (Å²) in [5.41, 5.74) is 2.77. The van der Waals surface area contributed by atoms with Crippen LogP contribution in [0.15, 0.2) is 71.2 Å². The molecule has 0 aliphatic carbocycles. The number of hydrogen-bond acceptors (Lipinski definition) is 4. The molecule has 0 saturated carbocycles. The average Bonchev–Trinajstić information content (AvgIpc) is 2.68. The minimum Gasteiger partial charge on any atom is -0.475 e. The number of nitrogens with one attached hydrogen (secondary N) is 1. The van der Waals surface area contributed by atoms with Gasteiger partial charge in [-0.15, -0.1) is 10.2 Å². The van der Waals surface area contributed by atoms with E-state index in [-0.39, 0.29) is 5.91 Å². The van der Waals surface area contributed by atoms with Crippen molar-refractivity contribution < 1.29 is 9.53 Å². The molecule has 1 heterocycles. The van der Waals surface area contributed by atoms with Gasteiger partial charge >= 0.3 is 0 Å². The second kappa shape index (κ2) is 9.10. The number of aromatic nitrogens is 2. The second-order valence-corrected chi connectivity index (χ2v) is 6.54. The predicted octanol–water partition coefficient (Wildman–Crippen LogP) is 3.64. The molecule has 3 aromatic rings. The summed E-state index contributed by atoms with van der Waals surface area (Å²) in [5.74, 6) is 0.397. The van der Waals surface area contributed by atoms with Crippen LogP contribution in [-0.4, -0.2) is 29.3 Å². The molecule has 3 rings (SSSR count). The quantitative estimate of drug-likeness (QED) is 0.602. The van der Waals surface area contributed by atoms with Crippen molar-refractivity contribution in [1.82, 2.24) is 15.5 Å². The Kier molecular flexibility index (Phi) is 6.33. The molecule has 0 aliphatic heterocycles. The van der Waals surface area contributed by atoms with Crippen molar-refractivity contribution in [3.63, 3.8) is 0 Å². The molecule has 0 aliphatic rings. The van der Waals surface area contributed by atoms with Gasteiger partial charge in [-0.1, -0.05) is 58.4 Å². The molecule has 5 nitrogen and oxygen atoms in total. The van der Waals surface area contributed by atoms with Crippen molar-refractivity contribution in [2.75, 3.05) is 13.2 Å². The van der Waals surface area contributed by atoms with Gasteiger partial charge in [-0.05, 0) is 23.8 Å². The van der Waals surface area contributed by atoms with Crippen molar-refractivity contribution in [3.8, 4) is 17.1 Å². The van der Waals surface area contributed by atoms with Crippen molar-refractivity contribution in [2.45, 2.75) is 6.42 Å². The first-order valence-electron chi connectivity index (χ1n) is 8.24. The van der Waals surface area contributed by atoms with E-state index in [1.807, 2.05) is 60.7 Å². The first kappa shape index (κ1) is 18.1. The molecule has 0 unspecified atom stereocenters. The Morgan fingerprint density at radius 1 is 0.962 bits per heavy atom. The third-order valence-electron chi connectivity index (χ3n) is 3.66.